The van der Waals surface area contributed by atoms with Gasteiger partial charge in [-0.2, -0.15) is 0 Å². The van der Waals surface area contributed by atoms with Crippen molar-refractivity contribution in [1.29, 1.82) is 0 Å². The summed E-state index contributed by atoms with van der Waals surface area (Å²) in [5.41, 5.74) is 9.05. The van der Waals surface area contributed by atoms with Gasteiger partial charge in [-0.1, -0.05) is 42.5 Å². The molecule has 0 aliphatic carbocycles. The van der Waals surface area contributed by atoms with Crippen LogP contribution in [-0.2, 0) is 11.2 Å². The number of carbonyl (C=O) groups is 3. The molecule has 3 rings (SSSR count). The van der Waals surface area contributed by atoms with Crippen LogP contribution in [0.25, 0.3) is 11.1 Å². The molecule has 0 saturated carbocycles. The minimum absolute atomic E-state index is 0.108. The first-order valence-electron chi connectivity index (χ1n) is 9.56. The summed E-state index contributed by atoms with van der Waals surface area (Å²) in [4.78, 5) is 34.1. The highest BCUT2D eigenvalue weighted by molar-refractivity contribution is 5.91. The van der Waals surface area contributed by atoms with Gasteiger partial charge < -0.3 is 15.8 Å². The van der Waals surface area contributed by atoms with Gasteiger partial charge in [-0.25, -0.2) is 4.79 Å². The SMILES string of the molecule is NC(=O)Oc1cc(CCCC(=O)Nc2ccc(C=O)cc2)ccc1-c1ccccc1. The Kier molecular flexibility index (Phi) is 6.95. The molecule has 3 N–H and O–H groups in total. The number of carbonyl (C=O) groups excluding carboxylic acids is 3. The summed E-state index contributed by atoms with van der Waals surface area (Å²) in [6.45, 7) is 0. The van der Waals surface area contributed by atoms with Crippen molar-refractivity contribution in [3.8, 4) is 16.9 Å². The Morgan fingerprint density at radius 3 is 2.37 bits per heavy atom. The van der Waals surface area contributed by atoms with Gasteiger partial charge in [0, 0.05) is 23.2 Å². The first-order valence-corrected chi connectivity index (χ1v) is 9.56. The Labute approximate surface area is 174 Å². The Hall–Kier alpha value is -3.93. The number of primary amides is 1. The monoisotopic (exact) mass is 402 g/mol. The molecule has 0 aliphatic rings. The second-order valence-corrected chi connectivity index (χ2v) is 6.76. The highest BCUT2D eigenvalue weighted by atomic mass is 16.5. The normalized spacial score (nSPS) is 10.3. The van der Waals surface area contributed by atoms with E-state index in [2.05, 4.69) is 5.32 Å². The van der Waals surface area contributed by atoms with Crippen molar-refractivity contribution in [3.63, 3.8) is 0 Å². The van der Waals surface area contributed by atoms with Gasteiger partial charge in [-0.05, 0) is 54.3 Å². The topological polar surface area (TPSA) is 98.5 Å². The van der Waals surface area contributed by atoms with Crippen molar-refractivity contribution in [2.75, 3.05) is 5.32 Å². The van der Waals surface area contributed by atoms with E-state index in [4.69, 9.17) is 10.5 Å². The van der Waals surface area contributed by atoms with Gasteiger partial charge in [0.05, 0.1) is 0 Å². The number of hydrogen-bond donors (Lipinski definition) is 2. The molecule has 6 nitrogen and oxygen atoms in total. The lowest BCUT2D eigenvalue weighted by Gasteiger charge is -2.11. The van der Waals surface area contributed by atoms with Crippen molar-refractivity contribution in [1.82, 2.24) is 0 Å². The Morgan fingerprint density at radius 2 is 1.70 bits per heavy atom. The van der Waals surface area contributed by atoms with Gasteiger partial charge >= 0.3 is 6.09 Å². The molecule has 0 radical (unpaired) electrons. The number of hydrogen-bond acceptors (Lipinski definition) is 4. The third-order valence-electron chi connectivity index (χ3n) is 4.54. The lowest BCUT2D eigenvalue weighted by atomic mass is 10.00. The number of nitrogens with two attached hydrogens (primary N) is 1. The molecule has 0 atom stereocenters. The predicted octanol–water partition coefficient (Wildman–Crippen LogP) is 4.59. The summed E-state index contributed by atoms with van der Waals surface area (Å²) in [5.74, 6) is 0.286. The van der Waals surface area contributed by atoms with E-state index >= 15 is 0 Å². The van der Waals surface area contributed by atoms with E-state index in [0.29, 0.717) is 36.3 Å². The first kappa shape index (κ1) is 20.8. The fraction of sp³-hybridized carbons (Fsp3) is 0.125. The molecular formula is C24H22N2O4. The molecule has 0 spiro atoms. The van der Waals surface area contributed by atoms with Gasteiger partial charge in [-0.3, -0.25) is 9.59 Å². The van der Waals surface area contributed by atoms with Crippen LogP contribution in [0.15, 0.2) is 72.8 Å². The van der Waals surface area contributed by atoms with E-state index in [1.165, 1.54) is 0 Å². The predicted molar refractivity (Wildman–Crippen MR) is 115 cm³/mol. The zero-order valence-electron chi connectivity index (χ0n) is 16.3. The quantitative estimate of drug-likeness (QED) is 0.539. The van der Waals surface area contributed by atoms with E-state index in [9.17, 15) is 14.4 Å². The molecule has 152 valence electrons. The molecule has 3 aromatic rings. The van der Waals surface area contributed by atoms with Crippen LogP contribution in [0.5, 0.6) is 5.75 Å². The molecule has 3 aromatic carbocycles. The molecule has 0 fully saturated rings. The Balaban J connectivity index is 1.61. The summed E-state index contributed by atoms with van der Waals surface area (Å²) >= 11 is 0. The number of ether oxygens (including phenoxy) is 1. The molecule has 0 aliphatic heterocycles. The summed E-state index contributed by atoms with van der Waals surface area (Å²) in [7, 11) is 0. The highest BCUT2D eigenvalue weighted by Crippen LogP contribution is 2.31. The second-order valence-electron chi connectivity index (χ2n) is 6.76. The fourth-order valence-corrected chi connectivity index (χ4v) is 3.09. The van der Waals surface area contributed by atoms with Crippen LogP contribution in [0.3, 0.4) is 0 Å². The molecule has 30 heavy (non-hydrogen) atoms. The van der Waals surface area contributed by atoms with Crippen LogP contribution in [-0.4, -0.2) is 18.3 Å². The zero-order chi connectivity index (χ0) is 21.3. The lowest BCUT2D eigenvalue weighted by molar-refractivity contribution is -0.116. The van der Waals surface area contributed by atoms with E-state index in [0.717, 1.165) is 23.0 Å². The van der Waals surface area contributed by atoms with Crippen LogP contribution >= 0.6 is 0 Å². The number of rotatable bonds is 8. The lowest BCUT2D eigenvalue weighted by Crippen LogP contribution is -2.16. The summed E-state index contributed by atoms with van der Waals surface area (Å²) in [6.07, 6.45) is 1.48. The van der Waals surface area contributed by atoms with Crippen LogP contribution in [0.1, 0.15) is 28.8 Å². The van der Waals surface area contributed by atoms with Crippen LogP contribution in [0.4, 0.5) is 10.5 Å². The van der Waals surface area contributed by atoms with Gasteiger partial charge in [-0.15, -0.1) is 0 Å². The molecular weight excluding hydrogens is 380 g/mol. The summed E-state index contributed by atoms with van der Waals surface area (Å²) in [5, 5.41) is 2.81. The third-order valence-corrected chi connectivity index (χ3v) is 4.54. The maximum absolute atomic E-state index is 12.1. The molecule has 0 saturated heterocycles. The zero-order valence-corrected chi connectivity index (χ0v) is 16.3. The van der Waals surface area contributed by atoms with Crippen molar-refractivity contribution in [2.24, 2.45) is 5.73 Å². The molecule has 6 heteroatoms. The summed E-state index contributed by atoms with van der Waals surface area (Å²) < 4.78 is 5.20. The van der Waals surface area contributed by atoms with Crippen LogP contribution in [0.2, 0.25) is 0 Å². The molecule has 0 unspecified atom stereocenters. The number of aldehydes is 1. The Bertz CT molecular complexity index is 1030. The highest BCUT2D eigenvalue weighted by Gasteiger charge is 2.11. The van der Waals surface area contributed by atoms with Crippen molar-refractivity contribution >= 4 is 24.0 Å². The average molecular weight is 402 g/mol. The number of nitrogens with one attached hydrogen (secondary N) is 1. The van der Waals surface area contributed by atoms with E-state index in [1.54, 1.807) is 30.3 Å². The molecule has 2 amide bonds. The van der Waals surface area contributed by atoms with E-state index < -0.39 is 6.09 Å². The van der Waals surface area contributed by atoms with Gasteiger partial charge in [0.15, 0.2) is 0 Å². The maximum Gasteiger partial charge on any atom is 0.409 e. The van der Waals surface area contributed by atoms with Crippen LogP contribution in [0, 0.1) is 0 Å². The Morgan fingerprint density at radius 1 is 0.967 bits per heavy atom. The number of benzene rings is 3. The first-order chi connectivity index (χ1) is 14.5. The van der Waals surface area contributed by atoms with E-state index in [-0.39, 0.29) is 5.91 Å². The van der Waals surface area contributed by atoms with Gasteiger partial charge in [0.25, 0.3) is 0 Å². The van der Waals surface area contributed by atoms with Gasteiger partial charge in [0.1, 0.15) is 12.0 Å². The second kappa shape index (κ2) is 10.0. The minimum atomic E-state index is -0.871. The minimum Gasteiger partial charge on any atom is -0.410 e. The smallest absolute Gasteiger partial charge is 0.409 e. The average Bonchev–Trinajstić information content (AvgIpc) is 2.75. The summed E-state index contributed by atoms with van der Waals surface area (Å²) in [6, 6.07) is 21.9. The standard InChI is InChI=1S/C24H22N2O4/c25-24(29)30-22-15-17(11-14-21(22)19-6-2-1-3-7-19)5-4-8-23(28)26-20-12-9-18(16-27)10-13-20/h1-3,6-7,9-16H,4-5,8H2,(H2,25,29)(H,26,28). The maximum atomic E-state index is 12.1. The fourth-order valence-electron chi connectivity index (χ4n) is 3.09. The molecule has 0 heterocycles. The van der Waals surface area contributed by atoms with Crippen molar-refractivity contribution in [2.45, 2.75) is 19.3 Å². The van der Waals surface area contributed by atoms with Crippen LogP contribution < -0.4 is 15.8 Å². The largest absolute Gasteiger partial charge is 0.410 e. The number of anilines is 1. The number of amides is 2. The van der Waals surface area contributed by atoms with Crippen molar-refractivity contribution in [3.05, 3.63) is 83.9 Å². The molecule has 0 aromatic heterocycles. The molecule has 0 bridgehead atoms. The van der Waals surface area contributed by atoms with E-state index in [1.807, 2.05) is 42.5 Å². The van der Waals surface area contributed by atoms with Crippen molar-refractivity contribution < 1.29 is 19.1 Å². The third kappa shape index (κ3) is 5.78. The van der Waals surface area contributed by atoms with Gasteiger partial charge in [0.2, 0.25) is 5.91 Å². The number of aryl methyl sites for hydroxylation is 1.